The number of aryl methyl sites for hydroxylation is 1. The van der Waals surface area contributed by atoms with Crippen LogP contribution in [0.1, 0.15) is 34.3 Å². The average Bonchev–Trinajstić information content (AvgIpc) is 3.66. The van der Waals surface area contributed by atoms with Gasteiger partial charge in [-0.1, -0.05) is 17.7 Å². The van der Waals surface area contributed by atoms with Gasteiger partial charge in [-0.25, -0.2) is 9.11 Å². The molecule has 36 heavy (non-hydrogen) atoms. The molecule has 190 valence electrons. The zero-order valence-corrected chi connectivity index (χ0v) is 21.7. The summed E-state index contributed by atoms with van der Waals surface area (Å²) >= 11 is 7.54. The lowest BCUT2D eigenvalue weighted by molar-refractivity contribution is 0.0948. The Kier molecular flexibility index (Phi) is 7.72. The van der Waals surface area contributed by atoms with Crippen LogP contribution in [-0.2, 0) is 7.05 Å². The van der Waals surface area contributed by atoms with Gasteiger partial charge in [-0.05, 0) is 63.6 Å². The summed E-state index contributed by atoms with van der Waals surface area (Å²) in [6, 6.07) is 7.91. The first kappa shape index (κ1) is 25.8. The number of hydrogen-bond acceptors (Lipinski definition) is 8. The predicted octanol–water partition coefficient (Wildman–Crippen LogP) is 4.81. The van der Waals surface area contributed by atoms with Crippen LogP contribution in [0.25, 0.3) is 0 Å². The number of benzene rings is 1. The summed E-state index contributed by atoms with van der Waals surface area (Å²) in [5.41, 5.74) is 0.630. The smallest absolute Gasteiger partial charge is 0.259 e. The molecule has 12 heteroatoms. The van der Waals surface area contributed by atoms with E-state index in [-0.39, 0.29) is 45.3 Å². The lowest BCUT2D eigenvalue weighted by Gasteiger charge is -2.21. The predicted molar refractivity (Wildman–Crippen MR) is 141 cm³/mol. The van der Waals surface area contributed by atoms with Crippen molar-refractivity contribution in [2.45, 2.75) is 32.7 Å². The minimum absolute atomic E-state index is 0.00246. The highest BCUT2D eigenvalue weighted by Gasteiger charge is 2.31. The van der Waals surface area contributed by atoms with Gasteiger partial charge in [0.15, 0.2) is 5.75 Å². The highest BCUT2D eigenvalue weighted by Crippen LogP contribution is 2.37. The molecule has 1 amide bonds. The maximum absolute atomic E-state index is 14.7. The number of amides is 1. The third-order valence-corrected chi connectivity index (χ3v) is 6.36. The third-order valence-electron chi connectivity index (χ3n) is 5.55. The number of nitrogens with zero attached hydrogens (tertiary/aromatic N) is 2. The Morgan fingerprint density at radius 1 is 1.25 bits per heavy atom. The van der Waals surface area contributed by atoms with Crippen molar-refractivity contribution in [1.29, 1.82) is 0 Å². The number of rotatable bonds is 9. The van der Waals surface area contributed by atoms with Crippen LogP contribution in [0.3, 0.4) is 0 Å². The normalized spacial score (nSPS) is 12.8. The fraction of sp³-hybridized carbons (Fsp3) is 0.292. The van der Waals surface area contributed by atoms with Crippen LogP contribution in [0.4, 0.5) is 21.7 Å². The molecule has 0 unspecified atom stereocenters. The second-order valence-corrected chi connectivity index (χ2v) is 9.62. The Hall–Kier alpha value is -3.28. The number of carbonyl (C=O) groups is 1. The van der Waals surface area contributed by atoms with Gasteiger partial charge in [0.25, 0.3) is 11.5 Å². The summed E-state index contributed by atoms with van der Waals surface area (Å²) in [5, 5.41) is 6.04. The summed E-state index contributed by atoms with van der Waals surface area (Å²) < 4.78 is 27.9. The van der Waals surface area contributed by atoms with E-state index in [1.165, 1.54) is 29.8 Å². The molecule has 1 aromatic carbocycles. The van der Waals surface area contributed by atoms with E-state index in [9.17, 15) is 14.0 Å². The Morgan fingerprint density at radius 3 is 2.67 bits per heavy atom. The Bertz CT molecular complexity index is 1380. The number of hydrogen-bond donors (Lipinski definition) is 4. The van der Waals surface area contributed by atoms with Gasteiger partial charge in [0, 0.05) is 25.2 Å². The van der Waals surface area contributed by atoms with Crippen molar-refractivity contribution < 1.29 is 13.9 Å². The topological polar surface area (TPSA) is 109 Å². The first-order valence-electron chi connectivity index (χ1n) is 11.2. The van der Waals surface area contributed by atoms with Crippen molar-refractivity contribution in [3.8, 4) is 11.6 Å². The minimum Gasteiger partial charge on any atom is -0.436 e. The van der Waals surface area contributed by atoms with Gasteiger partial charge in [0.05, 0.1) is 11.3 Å². The molecule has 4 rings (SSSR count). The van der Waals surface area contributed by atoms with Crippen molar-refractivity contribution in [3.63, 3.8) is 0 Å². The van der Waals surface area contributed by atoms with Gasteiger partial charge >= 0.3 is 0 Å². The first-order valence-corrected chi connectivity index (χ1v) is 12.4. The van der Waals surface area contributed by atoms with Crippen LogP contribution in [0.5, 0.6) is 11.6 Å². The highest BCUT2D eigenvalue weighted by molar-refractivity contribution is 7.98. The minimum atomic E-state index is -0.524. The van der Waals surface area contributed by atoms with E-state index in [1.807, 2.05) is 0 Å². The Balaban J connectivity index is 1.86. The van der Waals surface area contributed by atoms with Crippen molar-refractivity contribution in [2.75, 3.05) is 17.1 Å². The molecule has 1 fully saturated rings. The van der Waals surface area contributed by atoms with E-state index in [4.69, 9.17) is 16.3 Å². The Labute approximate surface area is 217 Å². The molecule has 1 saturated carbocycles. The van der Waals surface area contributed by atoms with Crippen molar-refractivity contribution >= 4 is 47.0 Å². The molecule has 3 aromatic rings. The number of anilines is 3. The number of ether oxygens (including phenoxy) is 1. The van der Waals surface area contributed by atoms with E-state index in [1.54, 1.807) is 45.2 Å². The van der Waals surface area contributed by atoms with E-state index >= 15 is 0 Å². The quantitative estimate of drug-likeness (QED) is 0.291. The maximum atomic E-state index is 14.7. The molecule has 0 atom stereocenters. The van der Waals surface area contributed by atoms with Crippen molar-refractivity contribution in [2.24, 2.45) is 7.05 Å². The molecule has 0 saturated heterocycles. The third kappa shape index (κ3) is 5.58. The Morgan fingerprint density at radius 2 is 2.00 bits per heavy atom. The SMILES string of the molecule is CNSNc1ccc(Cl)c(Oc2c(C(=O)NC3CC3)c(Nc3ccc(C)cc3F)n(C)c(=O)c2C)n1. The monoisotopic (exact) mass is 532 g/mol. The van der Waals surface area contributed by atoms with Crippen LogP contribution in [0, 0.1) is 19.7 Å². The van der Waals surface area contributed by atoms with Crippen LogP contribution < -0.4 is 30.4 Å². The lowest BCUT2D eigenvalue weighted by atomic mass is 10.1. The standard InChI is InChI=1S/C24H26ClFN6O3S/c1-12-5-9-17(16(26)11-12)29-21-19(22(33)28-14-6-7-14)20(13(2)24(34)32(21)4)35-23-15(25)8-10-18(30-23)31-36-27-3/h5,8-11,14,27,29H,6-7H2,1-4H3,(H,28,33)(H,30,31). The summed E-state index contributed by atoms with van der Waals surface area (Å²) in [7, 11) is 3.25. The second kappa shape index (κ2) is 10.8. The molecule has 9 nitrogen and oxygen atoms in total. The zero-order chi connectivity index (χ0) is 26.0. The van der Waals surface area contributed by atoms with Gasteiger partial charge in [-0.3, -0.25) is 14.2 Å². The molecule has 1 aliphatic carbocycles. The molecule has 0 aliphatic heterocycles. The van der Waals surface area contributed by atoms with Gasteiger partial charge < -0.3 is 20.1 Å². The second-order valence-electron chi connectivity index (χ2n) is 8.39. The molecule has 2 heterocycles. The van der Waals surface area contributed by atoms with Gasteiger partial charge in [0.1, 0.15) is 28.0 Å². The summed E-state index contributed by atoms with van der Waals surface area (Å²) in [6.07, 6.45) is 1.71. The van der Waals surface area contributed by atoms with E-state index in [0.717, 1.165) is 18.4 Å². The summed E-state index contributed by atoms with van der Waals surface area (Å²) in [4.78, 5) is 31.0. The van der Waals surface area contributed by atoms with E-state index < -0.39 is 17.3 Å². The largest absolute Gasteiger partial charge is 0.436 e. The zero-order valence-electron chi connectivity index (χ0n) is 20.2. The molecule has 0 radical (unpaired) electrons. The molecule has 0 bridgehead atoms. The summed E-state index contributed by atoms with van der Waals surface area (Å²) in [6.45, 7) is 3.32. The van der Waals surface area contributed by atoms with E-state index in [0.29, 0.717) is 5.82 Å². The molecule has 0 spiro atoms. The van der Waals surface area contributed by atoms with Gasteiger partial charge in [-0.15, -0.1) is 0 Å². The number of nitrogens with one attached hydrogen (secondary N) is 4. The maximum Gasteiger partial charge on any atom is 0.259 e. The fourth-order valence-electron chi connectivity index (χ4n) is 3.48. The van der Waals surface area contributed by atoms with Crippen LogP contribution in [0.15, 0.2) is 35.1 Å². The molecule has 2 aromatic heterocycles. The molecule has 4 N–H and O–H groups in total. The number of aromatic nitrogens is 2. The molecular formula is C24H26ClFN6O3S. The van der Waals surface area contributed by atoms with Crippen LogP contribution in [-0.4, -0.2) is 28.5 Å². The number of carbonyl (C=O) groups excluding carboxylic acids is 1. The van der Waals surface area contributed by atoms with Gasteiger partial charge in [0.2, 0.25) is 5.88 Å². The lowest BCUT2D eigenvalue weighted by Crippen LogP contribution is -2.31. The number of halogens is 2. The highest BCUT2D eigenvalue weighted by atomic mass is 35.5. The van der Waals surface area contributed by atoms with Crippen molar-refractivity contribution in [1.82, 2.24) is 19.6 Å². The van der Waals surface area contributed by atoms with Crippen LogP contribution >= 0.6 is 23.7 Å². The fourth-order valence-corrected chi connectivity index (χ4v) is 3.95. The molecule has 1 aliphatic rings. The van der Waals surface area contributed by atoms with E-state index in [2.05, 4.69) is 25.1 Å². The molecular weight excluding hydrogens is 507 g/mol. The average molecular weight is 533 g/mol. The summed E-state index contributed by atoms with van der Waals surface area (Å²) in [5.74, 6) is -0.472. The number of pyridine rings is 2. The van der Waals surface area contributed by atoms with Crippen LogP contribution in [0.2, 0.25) is 5.02 Å². The van der Waals surface area contributed by atoms with Crippen molar-refractivity contribution in [3.05, 3.63) is 68.2 Å². The van der Waals surface area contributed by atoms with Gasteiger partial charge in [-0.2, -0.15) is 4.98 Å². The first-order chi connectivity index (χ1) is 17.2.